The van der Waals surface area contributed by atoms with Crippen molar-refractivity contribution in [2.45, 2.75) is 6.10 Å². The molecule has 0 bridgehead atoms. The van der Waals surface area contributed by atoms with Crippen molar-refractivity contribution in [3.05, 3.63) is 17.7 Å². The van der Waals surface area contributed by atoms with E-state index in [1.54, 1.807) is 21.3 Å². The number of hydrogen-bond acceptors (Lipinski definition) is 4. The molecule has 0 saturated carbocycles. The first-order chi connectivity index (χ1) is 7.30. The number of rotatable bonds is 4. The van der Waals surface area contributed by atoms with Crippen molar-refractivity contribution in [3.8, 4) is 17.2 Å². The molecule has 1 heterocycles. The van der Waals surface area contributed by atoms with Crippen molar-refractivity contribution in [3.63, 3.8) is 0 Å². The molecule has 1 aromatic rings. The van der Waals surface area contributed by atoms with E-state index in [1.807, 2.05) is 12.1 Å². The number of ether oxygens (including phenoxy) is 4. The summed E-state index contributed by atoms with van der Waals surface area (Å²) >= 11 is 0. The highest BCUT2D eigenvalue weighted by Gasteiger charge is 2.32. The van der Waals surface area contributed by atoms with E-state index in [0.29, 0.717) is 5.75 Å². The summed E-state index contributed by atoms with van der Waals surface area (Å²) in [7, 11) is 4.86. The van der Waals surface area contributed by atoms with Gasteiger partial charge in [0.1, 0.15) is 23.4 Å². The Morgan fingerprint density at radius 2 is 1.60 bits per heavy atom. The van der Waals surface area contributed by atoms with E-state index in [2.05, 4.69) is 0 Å². The van der Waals surface area contributed by atoms with Crippen molar-refractivity contribution in [2.24, 2.45) is 0 Å². The molecule has 0 aromatic heterocycles. The molecule has 1 atom stereocenters. The first-order valence-corrected chi connectivity index (χ1v) is 4.71. The summed E-state index contributed by atoms with van der Waals surface area (Å²) in [5.41, 5.74) is 0.959. The van der Waals surface area contributed by atoms with Gasteiger partial charge < -0.3 is 18.9 Å². The van der Waals surface area contributed by atoms with Crippen LogP contribution in [0.2, 0.25) is 0 Å². The molecule has 15 heavy (non-hydrogen) atoms. The van der Waals surface area contributed by atoms with Crippen molar-refractivity contribution < 1.29 is 18.9 Å². The van der Waals surface area contributed by atoms with E-state index in [1.165, 1.54) is 0 Å². The van der Waals surface area contributed by atoms with E-state index in [9.17, 15) is 0 Å². The van der Waals surface area contributed by atoms with Gasteiger partial charge in [-0.3, -0.25) is 0 Å². The monoisotopic (exact) mass is 210 g/mol. The fourth-order valence-corrected chi connectivity index (χ4v) is 1.56. The molecular formula is C11H14O4. The Bertz CT molecular complexity index is 333. The second-order valence-corrected chi connectivity index (χ2v) is 3.27. The van der Waals surface area contributed by atoms with E-state index < -0.39 is 0 Å². The second kappa shape index (κ2) is 3.98. The van der Waals surface area contributed by atoms with Gasteiger partial charge in [-0.2, -0.15) is 0 Å². The highest BCUT2D eigenvalue weighted by molar-refractivity contribution is 5.52. The van der Waals surface area contributed by atoms with Crippen molar-refractivity contribution in [1.29, 1.82) is 0 Å². The number of hydrogen-bond donors (Lipinski definition) is 0. The molecule has 0 unspecified atom stereocenters. The van der Waals surface area contributed by atoms with Crippen LogP contribution in [0.25, 0.3) is 0 Å². The summed E-state index contributed by atoms with van der Waals surface area (Å²) in [5.74, 6) is 2.20. The minimum Gasteiger partial charge on any atom is -0.496 e. The number of epoxide rings is 1. The topological polar surface area (TPSA) is 40.2 Å². The second-order valence-electron chi connectivity index (χ2n) is 3.27. The Balaban J connectivity index is 2.48. The number of benzene rings is 1. The summed E-state index contributed by atoms with van der Waals surface area (Å²) in [4.78, 5) is 0. The molecule has 1 fully saturated rings. The predicted molar refractivity (Wildman–Crippen MR) is 54.8 cm³/mol. The fraction of sp³-hybridized carbons (Fsp3) is 0.455. The molecule has 4 heteroatoms. The molecule has 1 saturated heterocycles. The van der Waals surface area contributed by atoms with Gasteiger partial charge in [-0.15, -0.1) is 0 Å². The van der Waals surface area contributed by atoms with Crippen LogP contribution in [0.5, 0.6) is 17.2 Å². The Morgan fingerprint density at radius 1 is 1.07 bits per heavy atom. The van der Waals surface area contributed by atoms with Crippen LogP contribution in [0, 0.1) is 0 Å². The average Bonchev–Trinajstić information content (AvgIpc) is 3.10. The zero-order valence-corrected chi connectivity index (χ0v) is 9.07. The molecule has 0 radical (unpaired) electrons. The highest BCUT2D eigenvalue weighted by atomic mass is 16.6. The fourth-order valence-electron chi connectivity index (χ4n) is 1.56. The molecule has 1 aromatic carbocycles. The third-order valence-electron chi connectivity index (χ3n) is 2.41. The van der Waals surface area contributed by atoms with Crippen molar-refractivity contribution in [1.82, 2.24) is 0 Å². The summed E-state index contributed by atoms with van der Waals surface area (Å²) < 4.78 is 21.0. The molecule has 1 aliphatic rings. The normalized spacial score (nSPS) is 18.5. The molecular weight excluding hydrogens is 196 g/mol. The smallest absolute Gasteiger partial charge is 0.132 e. The zero-order valence-electron chi connectivity index (χ0n) is 9.07. The van der Waals surface area contributed by atoms with Gasteiger partial charge in [0.15, 0.2) is 0 Å². The lowest BCUT2D eigenvalue weighted by Crippen LogP contribution is -1.97. The van der Waals surface area contributed by atoms with Gasteiger partial charge in [0.05, 0.1) is 33.5 Å². The number of methoxy groups -OCH3 is 3. The average molecular weight is 210 g/mol. The molecule has 0 spiro atoms. The standard InChI is InChI=1S/C11H14O4/c1-12-7-4-8(13-2)11(10-6-15-10)9(5-7)14-3/h4-5,10H,6H2,1-3H3/t10-/m1/s1. The van der Waals surface area contributed by atoms with Gasteiger partial charge in [0.25, 0.3) is 0 Å². The largest absolute Gasteiger partial charge is 0.496 e. The van der Waals surface area contributed by atoms with Gasteiger partial charge in [-0.25, -0.2) is 0 Å². The van der Waals surface area contributed by atoms with Crippen LogP contribution in [-0.4, -0.2) is 27.9 Å². The van der Waals surface area contributed by atoms with Crippen molar-refractivity contribution >= 4 is 0 Å². The molecule has 0 amide bonds. The lowest BCUT2D eigenvalue weighted by Gasteiger charge is -2.13. The summed E-state index contributed by atoms with van der Waals surface area (Å²) in [6.07, 6.45) is 0.0980. The Hall–Kier alpha value is -1.42. The maximum Gasteiger partial charge on any atom is 0.132 e. The zero-order chi connectivity index (χ0) is 10.8. The molecule has 0 N–H and O–H groups in total. The van der Waals surface area contributed by atoms with Gasteiger partial charge >= 0.3 is 0 Å². The lowest BCUT2D eigenvalue weighted by atomic mass is 10.1. The van der Waals surface area contributed by atoms with E-state index in [-0.39, 0.29) is 6.10 Å². The van der Waals surface area contributed by atoms with Gasteiger partial charge in [0, 0.05) is 12.1 Å². The Kier molecular flexibility index (Phi) is 2.68. The van der Waals surface area contributed by atoms with Crippen LogP contribution in [0.4, 0.5) is 0 Å². The van der Waals surface area contributed by atoms with Crippen LogP contribution >= 0.6 is 0 Å². The van der Waals surface area contributed by atoms with Crippen LogP contribution in [-0.2, 0) is 4.74 Å². The first kappa shape index (κ1) is 10.1. The SMILES string of the molecule is COc1cc(OC)c([C@H]2CO2)c(OC)c1. The predicted octanol–water partition coefficient (Wildman–Crippen LogP) is 1.78. The maximum absolute atomic E-state index is 5.29. The molecule has 0 aliphatic carbocycles. The summed E-state index contributed by atoms with van der Waals surface area (Å²) in [5, 5.41) is 0. The van der Waals surface area contributed by atoms with Gasteiger partial charge in [0.2, 0.25) is 0 Å². The Labute approximate surface area is 88.7 Å². The maximum atomic E-state index is 5.29. The van der Waals surface area contributed by atoms with Crippen LogP contribution < -0.4 is 14.2 Å². The van der Waals surface area contributed by atoms with E-state index in [4.69, 9.17) is 18.9 Å². The van der Waals surface area contributed by atoms with Crippen LogP contribution in [0.1, 0.15) is 11.7 Å². The molecule has 2 rings (SSSR count). The molecule has 1 aliphatic heterocycles. The third-order valence-corrected chi connectivity index (χ3v) is 2.41. The van der Waals surface area contributed by atoms with Gasteiger partial charge in [-0.05, 0) is 0 Å². The lowest BCUT2D eigenvalue weighted by molar-refractivity contribution is 0.350. The minimum atomic E-state index is 0.0980. The van der Waals surface area contributed by atoms with Crippen LogP contribution in [0.3, 0.4) is 0 Å². The quantitative estimate of drug-likeness (QED) is 0.710. The molecule has 82 valence electrons. The summed E-state index contributed by atoms with van der Waals surface area (Å²) in [6, 6.07) is 3.67. The minimum absolute atomic E-state index is 0.0980. The van der Waals surface area contributed by atoms with E-state index in [0.717, 1.165) is 23.7 Å². The van der Waals surface area contributed by atoms with Gasteiger partial charge in [-0.1, -0.05) is 0 Å². The first-order valence-electron chi connectivity index (χ1n) is 4.71. The third kappa shape index (κ3) is 1.85. The Morgan fingerprint density at radius 3 is 1.93 bits per heavy atom. The highest BCUT2D eigenvalue weighted by Crippen LogP contribution is 2.44. The van der Waals surface area contributed by atoms with Crippen molar-refractivity contribution in [2.75, 3.05) is 27.9 Å². The van der Waals surface area contributed by atoms with E-state index >= 15 is 0 Å². The summed E-state index contributed by atoms with van der Waals surface area (Å²) in [6.45, 7) is 0.721. The molecule has 4 nitrogen and oxygen atoms in total. The van der Waals surface area contributed by atoms with Crippen LogP contribution in [0.15, 0.2) is 12.1 Å².